The molecule has 2 amide bonds. The predicted molar refractivity (Wildman–Crippen MR) is 47.8 cm³/mol. The molecule has 1 fully saturated rings. The minimum atomic E-state index is -0.193. The van der Waals surface area contributed by atoms with Crippen molar-refractivity contribution in [3.8, 4) is 0 Å². The summed E-state index contributed by atoms with van der Waals surface area (Å²) in [5, 5.41) is 0. The van der Waals surface area contributed by atoms with Crippen LogP contribution in [0.4, 0.5) is 0 Å². The number of hydrogen-bond donors (Lipinski definition) is 0. The summed E-state index contributed by atoms with van der Waals surface area (Å²) in [6.07, 6.45) is 8.13. The Balaban J connectivity index is 1.94. The maximum Gasteiger partial charge on any atom is 0.253 e. The van der Waals surface area contributed by atoms with Crippen LogP contribution in [0.5, 0.6) is 0 Å². The summed E-state index contributed by atoms with van der Waals surface area (Å²) in [4.78, 5) is 23.4. The van der Waals surface area contributed by atoms with Crippen molar-refractivity contribution >= 4 is 11.8 Å². The smallest absolute Gasteiger partial charge is 0.253 e. The highest BCUT2D eigenvalue weighted by atomic mass is 16.2. The molecule has 1 aliphatic carbocycles. The number of imide groups is 1. The number of carbonyl (C=O) groups excluding carboxylic acids is 2. The average Bonchev–Trinajstić information content (AvgIpc) is 2.32. The van der Waals surface area contributed by atoms with Gasteiger partial charge in [-0.2, -0.15) is 0 Å². The lowest BCUT2D eigenvalue weighted by Crippen LogP contribution is -2.30. The first-order valence-electron chi connectivity index (χ1n) is 4.49. The summed E-state index contributed by atoms with van der Waals surface area (Å²) in [5.41, 5.74) is 1.37. The van der Waals surface area contributed by atoms with Crippen molar-refractivity contribution < 1.29 is 9.59 Å². The zero-order valence-corrected chi connectivity index (χ0v) is 7.32. The van der Waals surface area contributed by atoms with Gasteiger partial charge in [-0.05, 0) is 19.3 Å². The second kappa shape index (κ2) is 3.17. The lowest BCUT2D eigenvalue weighted by atomic mass is 9.92. The van der Waals surface area contributed by atoms with Crippen molar-refractivity contribution in [2.45, 2.75) is 19.3 Å². The van der Waals surface area contributed by atoms with Crippen molar-refractivity contribution in [2.75, 3.05) is 6.54 Å². The summed E-state index contributed by atoms with van der Waals surface area (Å²) in [6.45, 7) is 0.444. The van der Waals surface area contributed by atoms with Crippen molar-refractivity contribution in [1.29, 1.82) is 0 Å². The number of hydrogen-bond acceptors (Lipinski definition) is 2. The molecular formula is C10H11NO2. The van der Waals surface area contributed by atoms with E-state index in [9.17, 15) is 9.59 Å². The molecule has 1 saturated carbocycles. The first-order valence-corrected chi connectivity index (χ1v) is 4.49. The minimum absolute atomic E-state index is 0.193. The van der Waals surface area contributed by atoms with Crippen LogP contribution in [-0.2, 0) is 9.59 Å². The van der Waals surface area contributed by atoms with Gasteiger partial charge in [0.25, 0.3) is 11.8 Å². The van der Waals surface area contributed by atoms with Gasteiger partial charge < -0.3 is 0 Å². The molecule has 0 aromatic rings. The van der Waals surface area contributed by atoms with E-state index in [0.717, 1.165) is 12.8 Å². The van der Waals surface area contributed by atoms with Gasteiger partial charge in [0, 0.05) is 18.7 Å². The standard InChI is InChI=1S/C10H11NO2/c12-9-4-5-10(13)11(9)7-6-8-2-1-3-8/h4-6H,1-3,7H2. The summed E-state index contributed by atoms with van der Waals surface area (Å²) in [7, 11) is 0. The van der Waals surface area contributed by atoms with E-state index >= 15 is 0 Å². The Labute approximate surface area is 76.7 Å². The molecule has 0 unspecified atom stereocenters. The van der Waals surface area contributed by atoms with E-state index in [4.69, 9.17) is 0 Å². The number of nitrogens with zero attached hydrogens (tertiary/aromatic N) is 1. The summed E-state index contributed by atoms with van der Waals surface area (Å²) in [5.74, 6) is -0.387. The van der Waals surface area contributed by atoms with Crippen LogP contribution >= 0.6 is 0 Å². The second-order valence-electron chi connectivity index (χ2n) is 3.34. The van der Waals surface area contributed by atoms with Crippen LogP contribution < -0.4 is 0 Å². The van der Waals surface area contributed by atoms with Crippen molar-refractivity contribution in [2.24, 2.45) is 0 Å². The molecule has 0 aromatic carbocycles. The number of rotatable bonds is 2. The van der Waals surface area contributed by atoms with E-state index < -0.39 is 0 Å². The molecule has 3 nitrogen and oxygen atoms in total. The lowest BCUT2D eigenvalue weighted by Gasteiger charge is -2.18. The van der Waals surface area contributed by atoms with Crippen LogP contribution in [0.1, 0.15) is 19.3 Å². The Bertz CT molecular complexity index is 291. The van der Waals surface area contributed by atoms with Gasteiger partial charge in [0.15, 0.2) is 0 Å². The molecule has 13 heavy (non-hydrogen) atoms. The molecule has 68 valence electrons. The Kier molecular flexibility index (Phi) is 2.00. The quantitative estimate of drug-likeness (QED) is 0.466. The van der Waals surface area contributed by atoms with Gasteiger partial charge in [0.2, 0.25) is 0 Å². The molecule has 0 radical (unpaired) electrons. The molecule has 0 N–H and O–H groups in total. The molecule has 0 saturated heterocycles. The van der Waals surface area contributed by atoms with E-state index in [2.05, 4.69) is 0 Å². The molecule has 0 atom stereocenters. The zero-order chi connectivity index (χ0) is 9.26. The molecule has 0 bridgehead atoms. The van der Waals surface area contributed by atoms with Gasteiger partial charge >= 0.3 is 0 Å². The van der Waals surface area contributed by atoms with Crippen LogP contribution in [0.3, 0.4) is 0 Å². The number of carbonyl (C=O) groups is 2. The Hall–Kier alpha value is -1.38. The van der Waals surface area contributed by atoms with Crippen LogP contribution in [0.25, 0.3) is 0 Å². The molecule has 0 spiro atoms. The fraction of sp³-hybridized carbons (Fsp3) is 0.400. The van der Waals surface area contributed by atoms with Gasteiger partial charge in [-0.25, -0.2) is 0 Å². The summed E-state index contributed by atoms with van der Waals surface area (Å²) < 4.78 is 0. The Morgan fingerprint density at radius 3 is 2.31 bits per heavy atom. The molecule has 2 rings (SSSR count). The third-order valence-corrected chi connectivity index (χ3v) is 2.46. The zero-order valence-electron chi connectivity index (χ0n) is 7.32. The maximum absolute atomic E-state index is 11.1. The summed E-state index contributed by atoms with van der Waals surface area (Å²) in [6, 6.07) is 0. The molecule has 1 heterocycles. The third-order valence-electron chi connectivity index (χ3n) is 2.46. The lowest BCUT2D eigenvalue weighted by molar-refractivity contribution is -0.136. The fourth-order valence-corrected chi connectivity index (χ4v) is 1.42. The van der Waals surface area contributed by atoms with Crippen LogP contribution in [0.15, 0.2) is 23.8 Å². The molecule has 2 aliphatic rings. The first-order chi connectivity index (χ1) is 6.27. The molecule has 3 heteroatoms. The predicted octanol–water partition coefficient (Wildman–Crippen LogP) is 1.02. The highest BCUT2D eigenvalue weighted by Crippen LogP contribution is 2.25. The topological polar surface area (TPSA) is 37.4 Å². The highest BCUT2D eigenvalue weighted by molar-refractivity contribution is 6.12. The van der Waals surface area contributed by atoms with Gasteiger partial charge in [-0.15, -0.1) is 0 Å². The van der Waals surface area contributed by atoms with E-state index in [1.807, 2.05) is 6.08 Å². The third kappa shape index (κ3) is 1.54. The SMILES string of the molecule is O=C1C=CC(=O)N1CC=C1CCC1. The Morgan fingerprint density at radius 1 is 1.23 bits per heavy atom. The van der Waals surface area contributed by atoms with Crippen LogP contribution in [0.2, 0.25) is 0 Å². The van der Waals surface area contributed by atoms with Gasteiger partial charge in [0.05, 0.1) is 0 Å². The van der Waals surface area contributed by atoms with Crippen LogP contribution in [-0.4, -0.2) is 23.3 Å². The second-order valence-corrected chi connectivity index (χ2v) is 3.34. The fourth-order valence-electron chi connectivity index (χ4n) is 1.42. The van der Waals surface area contributed by atoms with E-state index in [-0.39, 0.29) is 11.8 Å². The number of amides is 2. The highest BCUT2D eigenvalue weighted by Gasteiger charge is 2.22. The van der Waals surface area contributed by atoms with Crippen molar-refractivity contribution in [3.63, 3.8) is 0 Å². The normalized spacial score (nSPS) is 20.9. The van der Waals surface area contributed by atoms with Crippen molar-refractivity contribution in [3.05, 3.63) is 23.8 Å². The number of allylic oxidation sites excluding steroid dienone is 1. The van der Waals surface area contributed by atoms with Gasteiger partial charge in [-0.1, -0.05) is 11.6 Å². The van der Waals surface area contributed by atoms with Crippen molar-refractivity contribution in [1.82, 2.24) is 4.90 Å². The van der Waals surface area contributed by atoms with E-state index in [1.54, 1.807) is 0 Å². The van der Waals surface area contributed by atoms with Gasteiger partial charge in [-0.3, -0.25) is 14.5 Å². The largest absolute Gasteiger partial charge is 0.272 e. The van der Waals surface area contributed by atoms with E-state index in [0.29, 0.717) is 6.54 Å². The molecule has 1 aliphatic heterocycles. The minimum Gasteiger partial charge on any atom is -0.272 e. The Morgan fingerprint density at radius 2 is 1.85 bits per heavy atom. The summed E-state index contributed by atoms with van der Waals surface area (Å²) >= 11 is 0. The first kappa shape index (κ1) is 8.23. The maximum atomic E-state index is 11.1. The van der Waals surface area contributed by atoms with Gasteiger partial charge in [0.1, 0.15) is 0 Å². The molecule has 0 aromatic heterocycles. The van der Waals surface area contributed by atoms with Crippen LogP contribution in [0, 0.1) is 0 Å². The average molecular weight is 177 g/mol. The van der Waals surface area contributed by atoms with E-state index in [1.165, 1.54) is 29.0 Å². The molecular weight excluding hydrogens is 166 g/mol. The monoisotopic (exact) mass is 177 g/mol.